The van der Waals surface area contributed by atoms with E-state index in [0.29, 0.717) is 0 Å². The monoisotopic (exact) mass is 393 g/mol. The maximum Gasteiger partial charge on any atom is 0.250 e. The van der Waals surface area contributed by atoms with Gasteiger partial charge in [-0.25, -0.2) is 10.0 Å². The van der Waals surface area contributed by atoms with Gasteiger partial charge in [0.2, 0.25) is 5.72 Å². The number of methoxy groups -OCH3 is 1. The maximum absolute atomic E-state index is 6.29. The highest BCUT2D eigenvalue weighted by atomic mass is 16.7. The molecule has 2 aromatic carbocycles. The Labute approximate surface area is 173 Å². The maximum atomic E-state index is 6.29. The van der Waals surface area contributed by atoms with E-state index in [1.54, 1.807) is 7.11 Å². The van der Waals surface area contributed by atoms with Gasteiger partial charge in [-0.05, 0) is 26.7 Å². The van der Waals surface area contributed by atoms with E-state index in [1.807, 2.05) is 24.3 Å². The molecule has 0 aliphatic carbocycles. The van der Waals surface area contributed by atoms with E-state index in [1.165, 1.54) is 0 Å². The molecule has 2 aliphatic heterocycles. The molecular formula is C24H31N3O2. The molecule has 2 atom stereocenters. The summed E-state index contributed by atoms with van der Waals surface area (Å²) in [5.74, 6) is 0.857. The van der Waals surface area contributed by atoms with Gasteiger partial charge in [0.1, 0.15) is 0 Å². The van der Waals surface area contributed by atoms with Crippen molar-refractivity contribution in [3.63, 3.8) is 0 Å². The number of benzene rings is 2. The first-order valence-electron chi connectivity index (χ1n) is 10.5. The molecule has 0 radical (unpaired) electrons. The van der Waals surface area contributed by atoms with Gasteiger partial charge in [0.05, 0.1) is 11.6 Å². The lowest BCUT2D eigenvalue weighted by molar-refractivity contribution is -0.206. The molecule has 0 spiro atoms. The number of hydrogen-bond acceptors (Lipinski definition) is 5. The fraction of sp³-hybridized carbons (Fsp3) is 0.458. The third kappa shape index (κ3) is 3.32. The van der Waals surface area contributed by atoms with Crippen LogP contribution in [0.25, 0.3) is 0 Å². The van der Waals surface area contributed by atoms with Crippen LogP contribution in [0.4, 0.5) is 0 Å². The van der Waals surface area contributed by atoms with Gasteiger partial charge >= 0.3 is 0 Å². The van der Waals surface area contributed by atoms with Crippen molar-refractivity contribution in [1.82, 2.24) is 10.0 Å². The molecule has 154 valence electrons. The summed E-state index contributed by atoms with van der Waals surface area (Å²) in [6, 6.07) is 21.0. The van der Waals surface area contributed by atoms with Crippen molar-refractivity contribution in [2.24, 2.45) is 5.16 Å². The molecule has 0 aromatic heterocycles. The van der Waals surface area contributed by atoms with E-state index in [2.05, 4.69) is 72.3 Å². The fourth-order valence-electron chi connectivity index (χ4n) is 4.58. The van der Waals surface area contributed by atoms with E-state index in [9.17, 15) is 0 Å². The van der Waals surface area contributed by atoms with Crippen LogP contribution in [-0.2, 0) is 15.3 Å². The molecule has 0 saturated carbocycles. The van der Waals surface area contributed by atoms with Crippen molar-refractivity contribution in [1.29, 1.82) is 0 Å². The Hall–Kier alpha value is -2.37. The van der Waals surface area contributed by atoms with Crippen LogP contribution < -0.4 is 0 Å². The van der Waals surface area contributed by atoms with E-state index >= 15 is 0 Å². The second kappa shape index (κ2) is 7.81. The van der Waals surface area contributed by atoms with E-state index in [0.717, 1.165) is 42.8 Å². The van der Waals surface area contributed by atoms with Crippen molar-refractivity contribution in [3.8, 4) is 0 Å². The molecule has 4 rings (SSSR count). The zero-order chi connectivity index (χ0) is 20.5. The molecule has 1 fully saturated rings. The molecule has 0 amide bonds. The minimum Gasteiger partial charge on any atom is -0.377 e. The number of ether oxygens (including phenoxy) is 1. The van der Waals surface area contributed by atoms with Crippen molar-refractivity contribution >= 4 is 5.84 Å². The Balaban J connectivity index is 1.84. The van der Waals surface area contributed by atoms with Crippen LogP contribution in [0.15, 0.2) is 65.8 Å². The zero-order valence-electron chi connectivity index (χ0n) is 17.8. The Morgan fingerprint density at radius 1 is 1.10 bits per heavy atom. The molecule has 5 heteroatoms. The standard InChI is InChI=1S/C24H31N3O2/c1-5-24(20-15-10-7-11-16-20)27(22(25-29-24)19-13-8-6-9-14-19)26-18-12-17-21(26)23(2,3)28-4/h6-11,13-16,21H,5,12,17-18H2,1-4H3/t21?,24-/m0/s1. The third-order valence-electron chi connectivity index (χ3n) is 6.37. The van der Waals surface area contributed by atoms with Gasteiger partial charge in [-0.1, -0.05) is 72.7 Å². The third-order valence-corrected chi connectivity index (χ3v) is 6.37. The van der Waals surface area contributed by atoms with Crippen LogP contribution in [0, 0.1) is 0 Å². The lowest BCUT2D eigenvalue weighted by atomic mass is 9.95. The first-order chi connectivity index (χ1) is 14.0. The molecule has 0 N–H and O–H groups in total. The van der Waals surface area contributed by atoms with Crippen molar-refractivity contribution in [2.45, 2.75) is 57.4 Å². The van der Waals surface area contributed by atoms with E-state index < -0.39 is 5.72 Å². The van der Waals surface area contributed by atoms with Crippen LogP contribution in [0.3, 0.4) is 0 Å². The molecule has 0 bridgehead atoms. The Morgan fingerprint density at radius 2 is 1.76 bits per heavy atom. The molecule has 5 nitrogen and oxygen atoms in total. The summed E-state index contributed by atoms with van der Waals surface area (Å²) in [6.07, 6.45) is 2.96. The zero-order valence-corrected chi connectivity index (χ0v) is 17.8. The van der Waals surface area contributed by atoms with Gasteiger partial charge in [-0.15, -0.1) is 0 Å². The Bertz CT molecular complexity index is 853. The first kappa shape index (κ1) is 19.9. The summed E-state index contributed by atoms with van der Waals surface area (Å²) in [6.45, 7) is 7.45. The average Bonchev–Trinajstić information content (AvgIpc) is 3.40. The molecule has 29 heavy (non-hydrogen) atoms. The first-order valence-corrected chi connectivity index (χ1v) is 10.5. The van der Waals surface area contributed by atoms with Crippen molar-refractivity contribution in [2.75, 3.05) is 13.7 Å². The predicted molar refractivity (Wildman–Crippen MR) is 115 cm³/mol. The number of hydrogen-bond donors (Lipinski definition) is 0. The van der Waals surface area contributed by atoms with Crippen LogP contribution in [0.1, 0.15) is 51.2 Å². The highest BCUT2D eigenvalue weighted by molar-refractivity contribution is 5.99. The highest BCUT2D eigenvalue weighted by Gasteiger charge is 2.53. The second-order valence-corrected chi connectivity index (χ2v) is 8.32. The number of hydrazine groups is 1. The summed E-state index contributed by atoms with van der Waals surface area (Å²) >= 11 is 0. The van der Waals surface area contributed by atoms with Gasteiger partial charge in [0, 0.05) is 31.2 Å². The average molecular weight is 394 g/mol. The summed E-state index contributed by atoms with van der Waals surface area (Å²) < 4.78 is 5.91. The topological polar surface area (TPSA) is 37.3 Å². The van der Waals surface area contributed by atoms with Gasteiger partial charge in [0.15, 0.2) is 5.84 Å². The van der Waals surface area contributed by atoms with Crippen molar-refractivity contribution in [3.05, 3.63) is 71.8 Å². The smallest absolute Gasteiger partial charge is 0.250 e. The number of rotatable bonds is 6. The van der Waals surface area contributed by atoms with Crippen LogP contribution in [0.5, 0.6) is 0 Å². The van der Waals surface area contributed by atoms with E-state index in [-0.39, 0.29) is 11.6 Å². The predicted octanol–water partition coefficient (Wildman–Crippen LogP) is 4.75. The molecule has 2 heterocycles. The lowest BCUT2D eigenvalue weighted by Gasteiger charge is -2.47. The summed E-state index contributed by atoms with van der Waals surface area (Å²) in [5.41, 5.74) is 1.22. The molecular weight excluding hydrogens is 362 g/mol. The Morgan fingerprint density at radius 3 is 2.38 bits per heavy atom. The molecule has 2 aliphatic rings. The summed E-state index contributed by atoms with van der Waals surface area (Å²) in [4.78, 5) is 6.29. The van der Waals surface area contributed by atoms with Crippen LogP contribution in [-0.4, -0.2) is 41.2 Å². The second-order valence-electron chi connectivity index (χ2n) is 8.32. The molecule has 1 unspecified atom stereocenters. The minimum absolute atomic E-state index is 0.234. The molecule has 2 aromatic rings. The molecule has 1 saturated heterocycles. The highest BCUT2D eigenvalue weighted by Crippen LogP contribution is 2.44. The quantitative estimate of drug-likeness (QED) is 0.710. The van der Waals surface area contributed by atoms with Gasteiger partial charge in [-0.2, -0.15) is 0 Å². The SMILES string of the molecule is CC[C@@]1(c2ccccc2)ON=C(c2ccccc2)N1N1CCCC1C(C)(C)OC. The normalized spacial score (nSPS) is 25.2. The van der Waals surface area contributed by atoms with E-state index in [4.69, 9.17) is 9.57 Å². The Kier molecular flexibility index (Phi) is 5.36. The lowest BCUT2D eigenvalue weighted by Crippen LogP contribution is -2.61. The fourth-order valence-corrected chi connectivity index (χ4v) is 4.58. The largest absolute Gasteiger partial charge is 0.377 e. The number of amidine groups is 1. The summed E-state index contributed by atoms with van der Waals surface area (Å²) in [7, 11) is 1.80. The van der Waals surface area contributed by atoms with Gasteiger partial charge < -0.3 is 9.57 Å². The van der Waals surface area contributed by atoms with Crippen molar-refractivity contribution < 1.29 is 9.57 Å². The van der Waals surface area contributed by atoms with Gasteiger partial charge in [0.25, 0.3) is 0 Å². The van der Waals surface area contributed by atoms with Gasteiger partial charge in [-0.3, -0.25) is 0 Å². The van der Waals surface area contributed by atoms with Crippen LogP contribution >= 0.6 is 0 Å². The number of nitrogens with zero attached hydrogens (tertiary/aromatic N) is 3. The number of oxime groups is 1. The summed E-state index contributed by atoms with van der Waals surface area (Å²) in [5, 5.41) is 9.37. The van der Waals surface area contributed by atoms with Crippen LogP contribution in [0.2, 0.25) is 0 Å². The minimum atomic E-state index is -0.668.